The van der Waals surface area contributed by atoms with Gasteiger partial charge in [-0.25, -0.2) is 0 Å². The molecule has 0 fully saturated rings. The Hall–Kier alpha value is -1.48. The molecule has 0 aliphatic heterocycles. The van der Waals surface area contributed by atoms with Crippen molar-refractivity contribution in [1.29, 1.82) is 0 Å². The fourth-order valence-corrected chi connectivity index (χ4v) is 19.8. The molecule has 0 aliphatic carbocycles. The van der Waals surface area contributed by atoms with Gasteiger partial charge in [0, 0.05) is 0 Å². The van der Waals surface area contributed by atoms with E-state index in [0.29, 0.717) is 0 Å². The van der Waals surface area contributed by atoms with Crippen molar-refractivity contribution in [2.24, 2.45) is 0 Å². The predicted octanol–water partition coefficient (Wildman–Crippen LogP) is 8.67. The zero-order valence-electron chi connectivity index (χ0n) is 19.1. The molecule has 0 N–H and O–H groups in total. The van der Waals surface area contributed by atoms with Gasteiger partial charge in [-0.1, -0.05) is 0 Å². The molecule has 1 heterocycles. The van der Waals surface area contributed by atoms with Crippen molar-refractivity contribution in [3.8, 4) is 22.5 Å². The fourth-order valence-electron chi connectivity index (χ4n) is 4.58. The van der Waals surface area contributed by atoms with Gasteiger partial charge >= 0.3 is 188 Å². The van der Waals surface area contributed by atoms with E-state index in [4.69, 9.17) is 4.42 Å². The van der Waals surface area contributed by atoms with Gasteiger partial charge in [-0.05, 0) is 0 Å². The van der Waals surface area contributed by atoms with Crippen LogP contribution in [0.2, 0.25) is 13.3 Å². The Balaban J connectivity index is 2.14. The van der Waals surface area contributed by atoms with E-state index in [0.717, 1.165) is 5.76 Å². The van der Waals surface area contributed by atoms with Crippen LogP contribution in [0.4, 0.5) is 0 Å². The number of benzene rings is 2. The molecule has 0 aliphatic rings. The molecule has 3 rings (SSSR count). The van der Waals surface area contributed by atoms with Gasteiger partial charge in [0.05, 0.1) is 0 Å². The molecule has 0 spiro atoms. The van der Waals surface area contributed by atoms with E-state index in [1.807, 2.05) is 0 Å². The van der Waals surface area contributed by atoms with Crippen LogP contribution in [0.25, 0.3) is 22.5 Å². The van der Waals surface area contributed by atoms with E-state index in [1.165, 1.54) is 72.3 Å². The van der Waals surface area contributed by atoms with Crippen molar-refractivity contribution in [2.75, 3.05) is 0 Å². The number of furan rings is 1. The molecule has 0 amide bonds. The third-order valence-electron chi connectivity index (χ3n) is 6.40. The summed E-state index contributed by atoms with van der Waals surface area (Å²) in [5.74, 6) is 1.07. The minimum absolute atomic E-state index is 1.07. The molecule has 0 atom stereocenters. The third kappa shape index (κ3) is 5.60. The quantitative estimate of drug-likeness (QED) is 0.223. The van der Waals surface area contributed by atoms with Gasteiger partial charge in [0.25, 0.3) is 0 Å². The van der Waals surface area contributed by atoms with Gasteiger partial charge in [-0.3, -0.25) is 0 Å². The molecule has 0 radical (unpaired) electrons. The Morgan fingerprint density at radius 3 is 1.57 bits per heavy atom. The molecule has 160 valence electrons. The topological polar surface area (TPSA) is 13.1 Å². The SMILES string of the molecule is CCC[CH2][Sn]([CH2]CCC)([CH2]CCC)[c]1cc(-c2ccccc2)c(-c2ccccc2)o1. The van der Waals surface area contributed by atoms with E-state index >= 15 is 0 Å². The van der Waals surface area contributed by atoms with Crippen molar-refractivity contribution in [3.63, 3.8) is 0 Å². The maximum absolute atomic E-state index is 6.91. The number of rotatable bonds is 12. The predicted molar refractivity (Wildman–Crippen MR) is 134 cm³/mol. The van der Waals surface area contributed by atoms with Crippen LogP contribution in [0.1, 0.15) is 59.3 Å². The summed E-state index contributed by atoms with van der Waals surface area (Å²) in [5.41, 5.74) is 3.75. The van der Waals surface area contributed by atoms with Crippen LogP contribution in [0.15, 0.2) is 71.1 Å². The Bertz CT molecular complexity index is 787. The van der Waals surface area contributed by atoms with Crippen LogP contribution in [0, 0.1) is 0 Å². The first-order chi connectivity index (χ1) is 14.7. The van der Waals surface area contributed by atoms with E-state index in [2.05, 4.69) is 87.5 Å². The molecular formula is C28H38OSn. The standard InChI is InChI=1S/C16H11O.3C4H9.Sn/c1-3-7-13(8-4-1)15-11-12-17-16(15)14-9-5-2-6-10-14;3*1-3-4-2;/h1-11H;3*1,3-4H2,2H3;. The molecule has 0 saturated carbocycles. The van der Waals surface area contributed by atoms with E-state index in [9.17, 15) is 0 Å². The number of hydrogen-bond donors (Lipinski definition) is 0. The Morgan fingerprint density at radius 2 is 1.10 bits per heavy atom. The molecular weight excluding hydrogens is 471 g/mol. The fraction of sp³-hybridized carbons (Fsp3) is 0.429. The Kier molecular flexibility index (Phi) is 9.11. The van der Waals surface area contributed by atoms with Crippen LogP contribution >= 0.6 is 0 Å². The van der Waals surface area contributed by atoms with Crippen LogP contribution in [-0.2, 0) is 0 Å². The molecule has 1 nitrogen and oxygen atoms in total. The zero-order valence-corrected chi connectivity index (χ0v) is 22.0. The average molecular weight is 509 g/mol. The van der Waals surface area contributed by atoms with Gasteiger partial charge in [0.2, 0.25) is 0 Å². The van der Waals surface area contributed by atoms with Crippen LogP contribution < -0.4 is 3.78 Å². The third-order valence-corrected chi connectivity index (χ3v) is 21.3. The summed E-state index contributed by atoms with van der Waals surface area (Å²) in [6.45, 7) is 7.01. The van der Waals surface area contributed by atoms with Gasteiger partial charge in [-0.2, -0.15) is 0 Å². The minimum atomic E-state index is -2.61. The Labute approximate surface area is 187 Å². The summed E-state index contributed by atoms with van der Waals surface area (Å²) in [5, 5.41) is 0. The summed E-state index contributed by atoms with van der Waals surface area (Å²) in [6.07, 6.45) is 7.92. The molecule has 2 aromatic carbocycles. The number of unbranched alkanes of at least 4 members (excludes halogenated alkanes) is 3. The zero-order chi connectivity index (χ0) is 21.2. The van der Waals surface area contributed by atoms with Crippen molar-refractivity contribution in [1.82, 2.24) is 0 Å². The maximum atomic E-state index is 6.91. The first-order valence-corrected chi connectivity index (χ1v) is 19.5. The second-order valence-electron chi connectivity index (χ2n) is 8.68. The summed E-state index contributed by atoms with van der Waals surface area (Å²) in [7, 11) is 0. The van der Waals surface area contributed by atoms with Crippen molar-refractivity contribution >= 4 is 22.2 Å². The Morgan fingerprint density at radius 1 is 0.633 bits per heavy atom. The van der Waals surface area contributed by atoms with Gasteiger partial charge < -0.3 is 0 Å². The van der Waals surface area contributed by atoms with Gasteiger partial charge in [-0.15, -0.1) is 0 Å². The molecule has 3 aromatic rings. The first kappa shape index (κ1) is 23.2. The summed E-state index contributed by atoms with van der Waals surface area (Å²) < 4.78 is 12.6. The average Bonchev–Trinajstić information content (AvgIpc) is 3.26. The first-order valence-electron chi connectivity index (χ1n) is 12.0. The summed E-state index contributed by atoms with van der Waals surface area (Å²) in [4.78, 5) is 0. The molecule has 0 bridgehead atoms. The van der Waals surface area contributed by atoms with E-state index < -0.39 is 18.4 Å². The normalized spacial score (nSPS) is 11.7. The van der Waals surface area contributed by atoms with Crippen LogP contribution in [-0.4, -0.2) is 18.4 Å². The van der Waals surface area contributed by atoms with Crippen molar-refractivity contribution in [3.05, 3.63) is 66.7 Å². The molecule has 0 unspecified atom stereocenters. The second kappa shape index (κ2) is 11.8. The van der Waals surface area contributed by atoms with Crippen molar-refractivity contribution < 1.29 is 4.42 Å². The molecule has 1 aromatic heterocycles. The van der Waals surface area contributed by atoms with Gasteiger partial charge in [0.15, 0.2) is 0 Å². The number of hydrogen-bond acceptors (Lipinski definition) is 1. The van der Waals surface area contributed by atoms with Crippen LogP contribution in [0.5, 0.6) is 0 Å². The molecule has 30 heavy (non-hydrogen) atoms. The summed E-state index contributed by atoms with van der Waals surface area (Å²) >= 11 is -2.61. The van der Waals surface area contributed by atoms with Crippen molar-refractivity contribution in [2.45, 2.75) is 72.6 Å². The second-order valence-corrected chi connectivity index (χ2v) is 21.7. The molecule has 0 saturated heterocycles. The van der Waals surface area contributed by atoms with E-state index in [1.54, 1.807) is 0 Å². The van der Waals surface area contributed by atoms with Crippen LogP contribution in [0.3, 0.4) is 0 Å². The van der Waals surface area contributed by atoms with Gasteiger partial charge in [0.1, 0.15) is 0 Å². The monoisotopic (exact) mass is 510 g/mol. The van der Waals surface area contributed by atoms with E-state index in [-0.39, 0.29) is 0 Å². The summed E-state index contributed by atoms with van der Waals surface area (Å²) in [6, 6.07) is 24.0. The molecule has 2 heteroatoms.